The molecule has 0 radical (unpaired) electrons. The molecule has 0 saturated carbocycles. The summed E-state index contributed by atoms with van der Waals surface area (Å²) in [7, 11) is 2.07. The van der Waals surface area contributed by atoms with E-state index in [1.807, 2.05) is 0 Å². The van der Waals surface area contributed by atoms with Crippen molar-refractivity contribution in [1.82, 2.24) is 15.1 Å². The minimum absolute atomic E-state index is 0.643. The molecule has 1 aromatic rings. The van der Waals surface area contributed by atoms with Crippen LogP contribution in [0.4, 0.5) is 5.82 Å². The fourth-order valence-electron chi connectivity index (χ4n) is 2.89. The molecule has 1 aliphatic rings. The second-order valence-corrected chi connectivity index (χ2v) is 5.37. The van der Waals surface area contributed by atoms with Gasteiger partial charge in [0.2, 0.25) is 0 Å². The number of rotatable bonds is 5. The van der Waals surface area contributed by atoms with Gasteiger partial charge in [0.15, 0.2) is 0 Å². The lowest BCUT2D eigenvalue weighted by atomic mass is 10.2. The average Bonchev–Trinajstić information content (AvgIpc) is 2.84. The van der Waals surface area contributed by atoms with Gasteiger partial charge in [0.25, 0.3) is 0 Å². The van der Waals surface area contributed by atoms with Crippen molar-refractivity contribution in [2.45, 2.75) is 52.6 Å². The third kappa shape index (κ3) is 2.53. The van der Waals surface area contributed by atoms with Gasteiger partial charge in [0.1, 0.15) is 5.82 Å². The molecular formula is C14H26N4. The quantitative estimate of drug-likeness (QED) is 0.813. The van der Waals surface area contributed by atoms with Crippen molar-refractivity contribution in [2.75, 3.05) is 18.0 Å². The molecule has 102 valence electrons. The summed E-state index contributed by atoms with van der Waals surface area (Å²) < 4.78 is 2.06. The number of nitrogens with one attached hydrogen (secondary N) is 1. The van der Waals surface area contributed by atoms with Gasteiger partial charge in [0, 0.05) is 31.7 Å². The summed E-state index contributed by atoms with van der Waals surface area (Å²) in [5.74, 6) is 1.32. The number of anilines is 1. The van der Waals surface area contributed by atoms with Crippen LogP contribution in [0.2, 0.25) is 0 Å². The van der Waals surface area contributed by atoms with Gasteiger partial charge < -0.3 is 10.2 Å². The van der Waals surface area contributed by atoms with E-state index in [9.17, 15) is 0 Å². The Morgan fingerprint density at radius 2 is 2.22 bits per heavy atom. The highest BCUT2D eigenvalue weighted by Crippen LogP contribution is 2.29. The number of aryl methyl sites for hydroxylation is 2. The molecule has 0 aliphatic carbocycles. The van der Waals surface area contributed by atoms with Gasteiger partial charge in [-0.1, -0.05) is 6.92 Å². The lowest BCUT2D eigenvalue weighted by Crippen LogP contribution is -2.30. The zero-order valence-corrected chi connectivity index (χ0v) is 12.2. The molecular weight excluding hydrogens is 224 g/mol. The Morgan fingerprint density at radius 3 is 2.83 bits per heavy atom. The molecule has 1 aromatic heterocycles. The van der Waals surface area contributed by atoms with Crippen LogP contribution in [-0.4, -0.2) is 28.9 Å². The van der Waals surface area contributed by atoms with E-state index in [0.29, 0.717) is 6.04 Å². The van der Waals surface area contributed by atoms with Crippen LogP contribution in [0.3, 0.4) is 0 Å². The van der Waals surface area contributed by atoms with Gasteiger partial charge in [-0.3, -0.25) is 4.68 Å². The fourth-order valence-corrected chi connectivity index (χ4v) is 2.89. The normalized spacial score (nSPS) is 19.8. The first-order valence-electron chi connectivity index (χ1n) is 7.15. The number of hydrogen-bond donors (Lipinski definition) is 1. The number of hydrogen-bond acceptors (Lipinski definition) is 3. The van der Waals surface area contributed by atoms with E-state index in [1.54, 1.807) is 0 Å². The third-order valence-electron chi connectivity index (χ3n) is 3.87. The molecule has 1 fully saturated rings. The van der Waals surface area contributed by atoms with Crippen LogP contribution in [0.5, 0.6) is 0 Å². The Hall–Kier alpha value is -1.03. The smallest absolute Gasteiger partial charge is 0.131 e. The van der Waals surface area contributed by atoms with Gasteiger partial charge in [-0.15, -0.1) is 0 Å². The van der Waals surface area contributed by atoms with Gasteiger partial charge in [0.05, 0.1) is 5.69 Å². The first-order chi connectivity index (χ1) is 8.65. The first-order valence-corrected chi connectivity index (χ1v) is 7.15. The van der Waals surface area contributed by atoms with E-state index >= 15 is 0 Å². The monoisotopic (exact) mass is 250 g/mol. The molecule has 18 heavy (non-hydrogen) atoms. The summed E-state index contributed by atoms with van der Waals surface area (Å²) in [6.45, 7) is 9.81. The van der Waals surface area contributed by atoms with Crippen molar-refractivity contribution in [3.63, 3.8) is 0 Å². The van der Waals surface area contributed by atoms with Crippen LogP contribution >= 0.6 is 0 Å². The standard InChI is InChI=1S/C14H26N4/c1-5-8-15-10-13-12(3)16-17(4)14(13)18-9-6-7-11(18)2/h11,15H,5-10H2,1-4H3. The maximum absolute atomic E-state index is 4.60. The molecule has 0 amide bonds. The predicted octanol–water partition coefficient (Wildman–Crippen LogP) is 2.22. The molecule has 0 bridgehead atoms. The van der Waals surface area contributed by atoms with E-state index in [2.05, 4.69) is 47.8 Å². The maximum atomic E-state index is 4.60. The van der Waals surface area contributed by atoms with Crippen molar-refractivity contribution in [3.05, 3.63) is 11.3 Å². The highest BCUT2D eigenvalue weighted by atomic mass is 15.4. The largest absolute Gasteiger partial charge is 0.354 e. The van der Waals surface area contributed by atoms with Gasteiger partial charge in [-0.2, -0.15) is 5.10 Å². The Bertz CT molecular complexity index is 397. The van der Waals surface area contributed by atoms with Crippen molar-refractivity contribution in [2.24, 2.45) is 7.05 Å². The van der Waals surface area contributed by atoms with Crippen LogP contribution in [0.1, 0.15) is 44.4 Å². The van der Waals surface area contributed by atoms with Gasteiger partial charge in [-0.05, 0) is 39.7 Å². The Morgan fingerprint density at radius 1 is 1.44 bits per heavy atom. The van der Waals surface area contributed by atoms with Crippen molar-refractivity contribution in [3.8, 4) is 0 Å². The summed E-state index contributed by atoms with van der Waals surface area (Å²) in [5, 5.41) is 8.11. The second kappa shape index (κ2) is 5.74. The summed E-state index contributed by atoms with van der Waals surface area (Å²) >= 11 is 0. The highest BCUT2D eigenvalue weighted by molar-refractivity contribution is 5.51. The molecule has 2 rings (SSSR count). The molecule has 1 atom stereocenters. The number of nitrogens with zero attached hydrogens (tertiary/aromatic N) is 3. The number of aromatic nitrogens is 2. The van der Waals surface area contributed by atoms with E-state index < -0.39 is 0 Å². The minimum Gasteiger partial charge on any atom is -0.354 e. The van der Waals surface area contributed by atoms with Crippen molar-refractivity contribution in [1.29, 1.82) is 0 Å². The molecule has 1 N–H and O–H groups in total. The van der Waals surface area contributed by atoms with Gasteiger partial charge >= 0.3 is 0 Å². The van der Waals surface area contributed by atoms with E-state index in [-0.39, 0.29) is 0 Å². The van der Waals surface area contributed by atoms with Crippen LogP contribution in [0, 0.1) is 6.92 Å². The van der Waals surface area contributed by atoms with Crippen molar-refractivity contribution >= 4 is 5.82 Å². The van der Waals surface area contributed by atoms with E-state index in [0.717, 1.165) is 18.8 Å². The summed E-state index contributed by atoms with van der Waals surface area (Å²) in [6, 6.07) is 0.643. The Labute approximate surface area is 110 Å². The van der Waals surface area contributed by atoms with Gasteiger partial charge in [-0.25, -0.2) is 0 Å². The predicted molar refractivity (Wildman–Crippen MR) is 76.0 cm³/mol. The summed E-state index contributed by atoms with van der Waals surface area (Å²) in [5.41, 5.74) is 2.54. The zero-order valence-electron chi connectivity index (χ0n) is 12.2. The molecule has 1 unspecified atom stereocenters. The summed E-state index contributed by atoms with van der Waals surface area (Å²) in [4.78, 5) is 2.52. The maximum Gasteiger partial charge on any atom is 0.131 e. The molecule has 4 heteroatoms. The topological polar surface area (TPSA) is 33.1 Å². The summed E-state index contributed by atoms with van der Waals surface area (Å²) in [6.07, 6.45) is 3.77. The van der Waals surface area contributed by atoms with E-state index in [4.69, 9.17) is 0 Å². The van der Waals surface area contributed by atoms with E-state index in [1.165, 1.54) is 37.2 Å². The molecule has 2 heterocycles. The third-order valence-corrected chi connectivity index (χ3v) is 3.87. The Balaban J connectivity index is 2.21. The lowest BCUT2D eigenvalue weighted by molar-refractivity contribution is 0.657. The SMILES string of the molecule is CCCNCc1c(C)nn(C)c1N1CCCC1C. The molecule has 1 aliphatic heterocycles. The molecule has 0 spiro atoms. The van der Waals surface area contributed by atoms with Crippen LogP contribution < -0.4 is 10.2 Å². The lowest BCUT2D eigenvalue weighted by Gasteiger charge is -2.25. The van der Waals surface area contributed by atoms with Crippen LogP contribution in [-0.2, 0) is 13.6 Å². The molecule has 4 nitrogen and oxygen atoms in total. The highest BCUT2D eigenvalue weighted by Gasteiger charge is 2.26. The second-order valence-electron chi connectivity index (χ2n) is 5.37. The minimum atomic E-state index is 0.643. The van der Waals surface area contributed by atoms with Crippen molar-refractivity contribution < 1.29 is 0 Å². The molecule has 1 saturated heterocycles. The first kappa shape index (κ1) is 13.4. The Kier molecular flexibility index (Phi) is 4.27. The fraction of sp³-hybridized carbons (Fsp3) is 0.786. The average molecular weight is 250 g/mol. The van der Waals surface area contributed by atoms with Crippen LogP contribution in [0.25, 0.3) is 0 Å². The molecule has 0 aromatic carbocycles. The zero-order chi connectivity index (χ0) is 13.1. The van der Waals surface area contributed by atoms with Crippen LogP contribution in [0.15, 0.2) is 0 Å².